The van der Waals surface area contributed by atoms with E-state index in [9.17, 15) is 8.78 Å². The maximum absolute atomic E-state index is 12.6. The van der Waals surface area contributed by atoms with Gasteiger partial charge >= 0.3 is 0 Å². The summed E-state index contributed by atoms with van der Waals surface area (Å²) in [5, 5.41) is 0.640. The molecule has 0 bridgehead atoms. The summed E-state index contributed by atoms with van der Waals surface area (Å²) in [6.07, 6.45) is 1.41. The van der Waals surface area contributed by atoms with Crippen molar-refractivity contribution in [1.29, 1.82) is 0 Å². The minimum absolute atomic E-state index is 0.188. The molecule has 1 fully saturated rings. The predicted octanol–water partition coefficient (Wildman–Crippen LogP) is 2.38. The number of hydrogen-bond acceptors (Lipinski definition) is 8. The Morgan fingerprint density at radius 3 is 2.56 bits per heavy atom. The smallest absolute Gasteiger partial charge is 0.272 e. The first-order chi connectivity index (χ1) is 15.6. The van der Waals surface area contributed by atoms with Gasteiger partial charge in [0.2, 0.25) is 5.88 Å². The molecule has 0 spiro atoms. The van der Waals surface area contributed by atoms with E-state index < -0.39 is 13.0 Å². The Bertz CT molecular complexity index is 1100. The maximum atomic E-state index is 12.6. The van der Waals surface area contributed by atoms with Gasteiger partial charge in [-0.15, -0.1) is 0 Å². The van der Waals surface area contributed by atoms with Crippen molar-refractivity contribution in [3.63, 3.8) is 0 Å². The first-order valence-electron chi connectivity index (χ1n) is 10.8. The van der Waals surface area contributed by atoms with E-state index in [-0.39, 0.29) is 5.88 Å². The van der Waals surface area contributed by atoms with E-state index >= 15 is 0 Å². The van der Waals surface area contributed by atoms with Gasteiger partial charge in [-0.1, -0.05) is 0 Å². The predicted molar refractivity (Wildman–Crippen MR) is 118 cm³/mol. The van der Waals surface area contributed by atoms with E-state index in [1.54, 1.807) is 6.33 Å². The molecule has 0 unspecified atom stereocenters. The van der Waals surface area contributed by atoms with Crippen LogP contribution in [0.3, 0.4) is 0 Å². The molecule has 2 aliphatic heterocycles. The molecule has 3 aromatic rings. The minimum Gasteiger partial charge on any atom is -0.471 e. The van der Waals surface area contributed by atoms with E-state index in [4.69, 9.17) is 4.74 Å². The highest BCUT2D eigenvalue weighted by atomic mass is 19.3. The van der Waals surface area contributed by atoms with Crippen LogP contribution in [0, 0.1) is 0 Å². The fraction of sp³-hybridized carbons (Fsp3) is 0.455. The normalized spacial score (nSPS) is 17.1. The molecule has 0 radical (unpaired) electrons. The summed E-state index contributed by atoms with van der Waals surface area (Å²) in [6.45, 7) is 4.52. The van der Waals surface area contributed by atoms with Gasteiger partial charge in [0.1, 0.15) is 18.5 Å². The first-order valence-corrected chi connectivity index (χ1v) is 10.8. The third-order valence-corrected chi connectivity index (χ3v) is 6.04. The zero-order valence-corrected chi connectivity index (χ0v) is 17.9. The fourth-order valence-electron chi connectivity index (χ4n) is 4.38. The molecule has 32 heavy (non-hydrogen) atoms. The largest absolute Gasteiger partial charge is 0.471 e. The van der Waals surface area contributed by atoms with E-state index in [1.807, 2.05) is 18.2 Å². The number of aromatic nitrogens is 4. The maximum Gasteiger partial charge on any atom is 0.272 e. The second-order valence-electron chi connectivity index (χ2n) is 8.17. The quantitative estimate of drug-likeness (QED) is 0.598. The van der Waals surface area contributed by atoms with Crippen molar-refractivity contribution >= 4 is 22.4 Å². The lowest BCUT2D eigenvalue weighted by Gasteiger charge is -2.38. The molecule has 1 aromatic carbocycles. The SMILES string of the molecule is CN1CCc2ncnc(N3CCN(c4ccc5ncnc(OCC(F)F)c5c4)CC3)c2C1. The number of ether oxygens (including phenoxy) is 1. The van der Waals surface area contributed by atoms with Crippen LogP contribution in [0.25, 0.3) is 10.9 Å². The van der Waals surface area contributed by atoms with Crippen LogP contribution in [0.1, 0.15) is 11.3 Å². The topological polar surface area (TPSA) is 70.5 Å². The van der Waals surface area contributed by atoms with Gasteiger partial charge in [-0.3, -0.25) is 0 Å². The minimum atomic E-state index is -2.55. The van der Waals surface area contributed by atoms with Gasteiger partial charge in [-0.25, -0.2) is 28.7 Å². The number of anilines is 2. The Hall–Kier alpha value is -3.14. The van der Waals surface area contributed by atoms with Crippen molar-refractivity contribution in [2.45, 2.75) is 19.4 Å². The summed E-state index contributed by atoms with van der Waals surface area (Å²) in [6, 6.07) is 5.81. The molecule has 0 aliphatic carbocycles. The third-order valence-electron chi connectivity index (χ3n) is 6.04. The van der Waals surface area contributed by atoms with Crippen molar-refractivity contribution < 1.29 is 13.5 Å². The van der Waals surface area contributed by atoms with Gasteiger partial charge < -0.3 is 19.4 Å². The van der Waals surface area contributed by atoms with Crippen molar-refractivity contribution in [2.24, 2.45) is 0 Å². The number of hydrogen-bond donors (Lipinski definition) is 0. The van der Waals surface area contributed by atoms with Gasteiger partial charge in [0, 0.05) is 56.9 Å². The Morgan fingerprint density at radius 2 is 1.75 bits per heavy atom. The number of piperazine rings is 1. The molecule has 5 rings (SSSR count). The number of benzene rings is 1. The molecule has 2 aromatic heterocycles. The highest BCUT2D eigenvalue weighted by Gasteiger charge is 2.25. The van der Waals surface area contributed by atoms with Crippen LogP contribution in [-0.4, -0.2) is 77.6 Å². The number of likely N-dealkylation sites (N-methyl/N-ethyl adjacent to an activating group) is 1. The number of nitrogens with zero attached hydrogens (tertiary/aromatic N) is 7. The molecular weight excluding hydrogens is 416 g/mol. The molecule has 0 saturated carbocycles. The van der Waals surface area contributed by atoms with Gasteiger partial charge in [-0.05, 0) is 25.2 Å². The molecule has 168 valence electrons. The zero-order valence-electron chi connectivity index (χ0n) is 17.9. The van der Waals surface area contributed by atoms with E-state index in [0.717, 1.165) is 62.9 Å². The molecule has 0 amide bonds. The molecule has 1 saturated heterocycles. The number of fused-ring (bicyclic) bond motifs is 2. The van der Waals surface area contributed by atoms with Crippen molar-refractivity contribution in [2.75, 3.05) is 56.2 Å². The molecule has 2 aliphatic rings. The van der Waals surface area contributed by atoms with Crippen LogP contribution in [0.15, 0.2) is 30.9 Å². The second kappa shape index (κ2) is 8.78. The molecule has 0 atom stereocenters. The average molecular weight is 441 g/mol. The lowest BCUT2D eigenvalue weighted by molar-refractivity contribution is 0.0804. The summed E-state index contributed by atoms with van der Waals surface area (Å²) in [5.74, 6) is 1.23. The lowest BCUT2D eigenvalue weighted by atomic mass is 10.1. The van der Waals surface area contributed by atoms with Gasteiger partial charge in [-0.2, -0.15) is 0 Å². The highest BCUT2D eigenvalue weighted by Crippen LogP contribution is 2.30. The number of alkyl halides is 2. The third kappa shape index (κ3) is 4.14. The highest BCUT2D eigenvalue weighted by molar-refractivity contribution is 5.86. The molecular formula is C22H25F2N7O. The number of rotatable bonds is 5. The molecule has 4 heterocycles. The van der Waals surface area contributed by atoms with Gasteiger partial charge in [0.05, 0.1) is 16.6 Å². The Balaban J connectivity index is 1.33. The van der Waals surface area contributed by atoms with Crippen LogP contribution in [0.2, 0.25) is 0 Å². The molecule has 0 N–H and O–H groups in total. The van der Waals surface area contributed by atoms with Crippen molar-refractivity contribution in [3.8, 4) is 5.88 Å². The summed E-state index contributed by atoms with van der Waals surface area (Å²) in [5.41, 5.74) is 4.06. The Kier molecular flexibility index (Phi) is 5.69. The van der Waals surface area contributed by atoms with Gasteiger partial charge in [0.15, 0.2) is 6.61 Å². The fourth-order valence-corrected chi connectivity index (χ4v) is 4.38. The lowest BCUT2D eigenvalue weighted by Crippen LogP contribution is -2.47. The molecule has 8 nitrogen and oxygen atoms in total. The zero-order chi connectivity index (χ0) is 22.1. The van der Waals surface area contributed by atoms with E-state index in [1.165, 1.54) is 11.9 Å². The summed E-state index contributed by atoms with van der Waals surface area (Å²) in [4.78, 5) is 24.3. The van der Waals surface area contributed by atoms with Crippen molar-refractivity contribution in [3.05, 3.63) is 42.1 Å². The van der Waals surface area contributed by atoms with E-state index in [0.29, 0.717) is 10.9 Å². The Morgan fingerprint density at radius 1 is 0.969 bits per heavy atom. The van der Waals surface area contributed by atoms with Gasteiger partial charge in [0.25, 0.3) is 6.43 Å². The van der Waals surface area contributed by atoms with Crippen molar-refractivity contribution in [1.82, 2.24) is 24.8 Å². The summed E-state index contributed by atoms with van der Waals surface area (Å²) < 4.78 is 30.4. The summed E-state index contributed by atoms with van der Waals surface area (Å²) >= 11 is 0. The van der Waals surface area contributed by atoms with Crippen LogP contribution < -0.4 is 14.5 Å². The van der Waals surface area contributed by atoms with Crippen LogP contribution in [0.5, 0.6) is 5.88 Å². The van der Waals surface area contributed by atoms with Crippen LogP contribution >= 0.6 is 0 Å². The van der Waals surface area contributed by atoms with E-state index in [2.05, 4.69) is 41.7 Å². The van der Waals surface area contributed by atoms with Crippen LogP contribution in [0.4, 0.5) is 20.3 Å². The summed E-state index contributed by atoms with van der Waals surface area (Å²) in [7, 11) is 2.13. The second-order valence-corrected chi connectivity index (χ2v) is 8.17. The standard InChI is InChI=1S/C22H25F2N7O/c1-29-5-4-19-17(11-29)21(27-13-25-19)31-8-6-30(7-9-31)15-2-3-18-16(10-15)22(28-14-26-18)32-12-20(23)24/h2-3,10,13-14,20H,4-9,11-12H2,1H3. The monoisotopic (exact) mass is 441 g/mol. The number of halogens is 2. The molecule has 10 heteroatoms. The van der Waals surface area contributed by atoms with Crippen LogP contribution in [-0.2, 0) is 13.0 Å². The first kappa shape index (κ1) is 20.7. The average Bonchev–Trinajstić information content (AvgIpc) is 2.82. The Labute approximate surface area is 184 Å².